The molecule has 0 aromatic heterocycles. The van der Waals surface area contributed by atoms with Crippen molar-refractivity contribution in [3.8, 4) is 11.1 Å². The summed E-state index contributed by atoms with van der Waals surface area (Å²) >= 11 is 0. The molecule has 0 aliphatic heterocycles. The highest BCUT2D eigenvalue weighted by atomic mass is 16.1. The van der Waals surface area contributed by atoms with Crippen molar-refractivity contribution < 1.29 is 4.79 Å². The Hall–Kier alpha value is -2.67. The van der Waals surface area contributed by atoms with E-state index in [1.54, 1.807) is 0 Å². The van der Waals surface area contributed by atoms with E-state index in [9.17, 15) is 4.79 Å². The number of carbonyl (C=O) groups is 1. The standard InChI is InChI=1S/C22H18O/c1-22(15-18-9-5-6-10-20(18)21(22)23)19-13-11-17(12-14-19)16-7-3-2-4-8-16/h2-14H,15H2,1H3/t22-/m0/s1. The molecule has 0 heterocycles. The highest BCUT2D eigenvalue weighted by Crippen LogP contribution is 2.39. The average molecular weight is 298 g/mol. The Morgan fingerprint density at radius 2 is 1.35 bits per heavy atom. The topological polar surface area (TPSA) is 17.1 Å². The van der Waals surface area contributed by atoms with Crippen LogP contribution in [0.3, 0.4) is 0 Å². The Balaban J connectivity index is 1.71. The fourth-order valence-electron chi connectivity index (χ4n) is 3.55. The van der Waals surface area contributed by atoms with E-state index in [4.69, 9.17) is 0 Å². The Labute approximate surface area is 136 Å². The second-order valence-electron chi connectivity index (χ2n) is 6.44. The van der Waals surface area contributed by atoms with Crippen LogP contribution in [0, 0.1) is 0 Å². The fraction of sp³-hybridized carbons (Fsp3) is 0.136. The summed E-state index contributed by atoms with van der Waals surface area (Å²) in [4.78, 5) is 12.9. The van der Waals surface area contributed by atoms with Gasteiger partial charge in [-0.2, -0.15) is 0 Å². The molecule has 3 aromatic rings. The summed E-state index contributed by atoms with van der Waals surface area (Å²) in [5.74, 6) is 0.237. The van der Waals surface area contributed by atoms with Crippen molar-refractivity contribution in [3.05, 3.63) is 95.6 Å². The molecule has 0 N–H and O–H groups in total. The number of rotatable bonds is 2. The Morgan fingerprint density at radius 3 is 2.04 bits per heavy atom. The van der Waals surface area contributed by atoms with Crippen LogP contribution in [0.4, 0.5) is 0 Å². The zero-order valence-corrected chi connectivity index (χ0v) is 13.1. The third-order valence-electron chi connectivity index (χ3n) is 4.94. The van der Waals surface area contributed by atoms with Crippen LogP contribution in [0.25, 0.3) is 11.1 Å². The van der Waals surface area contributed by atoms with E-state index in [2.05, 4.69) is 49.4 Å². The maximum Gasteiger partial charge on any atom is 0.173 e. The van der Waals surface area contributed by atoms with Crippen molar-refractivity contribution in [2.24, 2.45) is 0 Å². The highest BCUT2D eigenvalue weighted by molar-refractivity contribution is 6.08. The van der Waals surface area contributed by atoms with Crippen LogP contribution < -0.4 is 0 Å². The second kappa shape index (κ2) is 5.20. The van der Waals surface area contributed by atoms with Crippen molar-refractivity contribution in [1.82, 2.24) is 0 Å². The van der Waals surface area contributed by atoms with E-state index in [0.717, 1.165) is 23.1 Å². The zero-order chi connectivity index (χ0) is 15.9. The predicted octanol–water partition coefficient (Wildman–Crippen LogP) is 5.05. The number of Topliss-reactive ketones (excluding diaryl/α,β-unsaturated/α-hetero) is 1. The molecule has 0 spiro atoms. The van der Waals surface area contributed by atoms with Crippen LogP contribution in [0.15, 0.2) is 78.9 Å². The molecular weight excluding hydrogens is 280 g/mol. The summed E-state index contributed by atoms with van der Waals surface area (Å²) in [7, 11) is 0. The molecule has 23 heavy (non-hydrogen) atoms. The van der Waals surface area contributed by atoms with Crippen LogP contribution in [-0.4, -0.2) is 5.78 Å². The van der Waals surface area contributed by atoms with Gasteiger partial charge in [0.1, 0.15) is 0 Å². The van der Waals surface area contributed by atoms with Crippen LogP contribution >= 0.6 is 0 Å². The summed E-state index contributed by atoms with van der Waals surface area (Å²) < 4.78 is 0. The van der Waals surface area contributed by atoms with Crippen molar-refractivity contribution in [3.63, 3.8) is 0 Å². The first kappa shape index (κ1) is 14.0. The smallest absolute Gasteiger partial charge is 0.173 e. The van der Waals surface area contributed by atoms with Crippen LogP contribution in [0.2, 0.25) is 0 Å². The van der Waals surface area contributed by atoms with E-state index >= 15 is 0 Å². The predicted molar refractivity (Wildman–Crippen MR) is 93.7 cm³/mol. The molecule has 0 bridgehead atoms. The van der Waals surface area contributed by atoms with Gasteiger partial charge >= 0.3 is 0 Å². The van der Waals surface area contributed by atoms with Crippen molar-refractivity contribution in [2.75, 3.05) is 0 Å². The van der Waals surface area contributed by atoms with Gasteiger partial charge in [0.25, 0.3) is 0 Å². The van der Waals surface area contributed by atoms with E-state index in [-0.39, 0.29) is 5.78 Å². The SMILES string of the molecule is C[C@@]1(c2ccc(-c3ccccc3)cc2)Cc2ccccc2C1=O. The fourth-order valence-corrected chi connectivity index (χ4v) is 3.55. The van der Waals surface area contributed by atoms with Gasteiger partial charge in [-0.15, -0.1) is 0 Å². The third-order valence-corrected chi connectivity index (χ3v) is 4.94. The zero-order valence-electron chi connectivity index (χ0n) is 13.1. The molecule has 1 aliphatic rings. The Morgan fingerprint density at radius 1 is 0.739 bits per heavy atom. The lowest BCUT2D eigenvalue weighted by Gasteiger charge is -2.23. The quantitative estimate of drug-likeness (QED) is 0.647. The van der Waals surface area contributed by atoms with E-state index in [1.807, 2.05) is 36.4 Å². The maximum atomic E-state index is 12.9. The first-order valence-electron chi connectivity index (χ1n) is 7.97. The number of benzene rings is 3. The Kier molecular flexibility index (Phi) is 3.16. The van der Waals surface area contributed by atoms with Crippen LogP contribution in [0.5, 0.6) is 0 Å². The van der Waals surface area contributed by atoms with Gasteiger partial charge in [-0.1, -0.05) is 78.9 Å². The summed E-state index contributed by atoms with van der Waals surface area (Å²) in [6.07, 6.45) is 0.784. The molecule has 0 fully saturated rings. The van der Waals surface area contributed by atoms with Gasteiger partial charge in [0, 0.05) is 5.56 Å². The summed E-state index contributed by atoms with van der Waals surface area (Å²) in [5, 5.41) is 0. The highest BCUT2D eigenvalue weighted by Gasteiger charge is 2.42. The van der Waals surface area contributed by atoms with Gasteiger partial charge in [0.2, 0.25) is 0 Å². The van der Waals surface area contributed by atoms with Crippen molar-refractivity contribution in [2.45, 2.75) is 18.8 Å². The monoisotopic (exact) mass is 298 g/mol. The van der Waals surface area contributed by atoms with Gasteiger partial charge < -0.3 is 0 Å². The molecule has 1 aliphatic carbocycles. The normalized spacial score (nSPS) is 19.6. The van der Waals surface area contributed by atoms with Gasteiger partial charge in [0.15, 0.2) is 5.78 Å². The molecule has 3 aromatic carbocycles. The number of fused-ring (bicyclic) bond motifs is 1. The maximum absolute atomic E-state index is 12.9. The second-order valence-corrected chi connectivity index (χ2v) is 6.44. The van der Waals surface area contributed by atoms with Crippen LogP contribution in [-0.2, 0) is 11.8 Å². The van der Waals surface area contributed by atoms with E-state index in [0.29, 0.717) is 0 Å². The number of carbonyl (C=O) groups excluding carboxylic acids is 1. The number of hydrogen-bond acceptors (Lipinski definition) is 1. The largest absolute Gasteiger partial charge is 0.293 e. The van der Waals surface area contributed by atoms with Crippen molar-refractivity contribution >= 4 is 5.78 Å². The lowest BCUT2D eigenvalue weighted by atomic mass is 9.78. The van der Waals surface area contributed by atoms with E-state index < -0.39 is 5.41 Å². The Bertz CT molecular complexity index is 862. The van der Waals surface area contributed by atoms with Crippen molar-refractivity contribution in [1.29, 1.82) is 0 Å². The van der Waals surface area contributed by atoms with Gasteiger partial charge in [-0.25, -0.2) is 0 Å². The minimum Gasteiger partial charge on any atom is -0.293 e. The molecule has 0 amide bonds. The minimum absolute atomic E-state index is 0.237. The summed E-state index contributed by atoms with van der Waals surface area (Å²) in [6, 6.07) is 26.7. The van der Waals surface area contributed by atoms with Crippen LogP contribution in [0.1, 0.15) is 28.4 Å². The number of hydrogen-bond donors (Lipinski definition) is 0. The minimum atomic E-state index is -0.446. The molecule has 1 heteroatoms. The molecule has 1 atom stereocenters. The molecular formula is C22H18O. The third kappa shape index (κ3) is 2.20. The summed E-state index contributed by atoms with van der Waals surface area (Å²) in [5.41, 5.74) is 5.07. The molecule has 1 nitrogen and oxygen atoms in total. The molecule has 0 saturated heterocycles. The molecule has 112 valence electrons. The molecule has 0 unspecified atom stereocenters. The first-order valence-corrected chi connectivity index (χ1v) is 7.97. The molecule has 4 rings (SSSR count). The lowest BCUT2D eigenvalue weighted by molar-refractivity contribution is 0.0915. The molecule has 0 radical (unpaired) electrons. The van der Waals surface area contributed by atoms with Gasteiger partial charge in [-0.05, 0) is 35.6 Å². The molecule has 0 saturated carbocycles. The first-order chi connectivity index (χ1) is 11.2. The van der Waals surface area contributed by atoms with Gasteiger partial charge in [0.05, 0.1) is 5.41 Å². The summed E-state index contributed by atoms with van der Waals surface area (Å²) in [6.45, 7) is 2.06. The lowest BCUT2D eigenvalue weighted by Crippen LogP contribution is -2.29. The van der Waals surface area contributed by atoms with E-state index in [1.165, 1.54) is 11.1 Å². The average Bonchev–Trinajstić information content (AvgIpc) is 2.88. The number of ketones is 1. The van der Waals surface area contributed by atoms with Gasteiger partial charge in [-0.3, -0.25) is 4.79 Å².